The summed E-state index contributed by atoms with van der Waals surface area (Å²) in [5, 5.41) is 0. The summed E-state index contributed by atoms with van der Waals surface area (Å²) in [6, 6.07) is 5.69. The molecule has 0 unspecified atom stereocenters. The van der Waals surface area contributed by atoms with Crippen molar-refractivity contribution in [3.63, 3.8) is 0 Å². The van der Waals surface area contributed by atoms with Gasteiger partial charge < -0.3 is 5.73 Å². The maximum Gasteiger partial charge on any atom is 0.136 e. The summed E-state index contributed by atoms with van der Waals surface area (Å²) >= 11 is 0. The molecule has 0 fully saturated rings. The predicted molar refractivity (Wildman–Crippen MR) is 115 cm³/mol. The molecule has 148 valence electrons. The largest absolute Gasteiger partial charge is 0.398 e. The van der Waals surface area contributed by atoms with Gasteiger partial charge in [-0.15, -0.1) is 0 Å². The highest BCUT2D eigenvalue weighted by Crippen LogP contribution is 2.33. The Morgan fingerprint density at radius 1 is 1.25 bits per heavy atom. The Bertz CT molecular complexity index is 921. The van der Waals surface area contributed by atoms with Crippen LogP contribution >= 0.6 is 0 Å². The quantitative estimate of drug-likeness (QED) is 0.720. The van der Waals surface area contributed by atoms with E-state index in [1.54, 1.807) is 18.5 Å². The Balaban J connectivity index is 2.61. The van der Waals surface area contributed by atoms with Crippen LogP contribution in [0.3, 0.4) is 0 Å². The van der Waals surface area contributed by atoms with Gasteiger partial charge in [-0.3, -0.25) is 4.99 Å². The molecule has 0 spiro atoms. The van der Waals surface area contributed by atoms with Gasteiger partial charge in [0.2, 0.25) is 0 Å². The minimum atomic E-state index is -0.281. The Hall–Kier alpha value is -2.82. The fourth-order valence-electron chi connectivity index (χ4n) is 3.06. The molecule has 2 rings (SSSR count). The van der Waals surface area contributed by atoms with E-state index in [2.05, 4.69) is 42.3 Å². The zero-order valence-electron chi connectivity index (χ0n) is 17.4. The Kier molecular flexibility index (Phi) is 6.84. The van der Waals surface area contributed by atoms with Crippen molar-refractivity contribution < 1.29 is 4.39 Å². The van der Waals surface area contributed by atoms with Gasteiger partial charge in [0.25, 0.3) is 0 Å². The second-order valence-electron chi connectivity index (χ2n) is 7.74. The summed E-state index contributed by atoms with van der Waals surface area (Å²) < 4.78 is 15.7. The highest BCUT2D eigenvalue weighted by molar-refractivity contribution is 5.83. The van der Waals surface area contributed by atoms with Crippen molar-refractivity contribution in [3.8, 4) is 0 Å². The molecule has 0 saturated heterocycles. The van der Waals surface area contributed by atoms with E-state index >= 15 is 4.39 Å². The monoisotopic (exact) mass is 380 g/mol. The van der Waals surface area contributed by atoms with Gasteiger partial charge in [0, 0.05) is 35.3 Å². The fourth-order valence-corrected chi connectivity index (χ4v) is 3.06. The second-order valence-corrected chi connectivity index (χ2v) is 7.74. The summed E-state index contributed by atoms with van der Waals surface area (Å²) in [7, 11) is 0. The third-order valence-corrected chi connectivity index (χ3v) is 4.47. The molecule has 0 radical (unpaired) electrons. The van der Waals surface area contributed by atoms with Crippen LogP contribution in [0.25, 0.3) is 5.70 Å². The van der Waals surface area contributed by atoms with Crippen LogP contribution in [0.5, 0.6) is 0 Å². The lowest BCUT2D eigenvalue weighted by molar-refractivity contribution is 0.556. The van der Waals surface area contributed by atoms with E-state index in [1.807, 2.05) is 26.0 Å². The molecule has 0 bridgehead atoms. The number of aromatic nitrogens is 2. The minimum absolute atomic E-state index is 0.208. The van der Waals surface area contributed by atoms with E-state index in [-0.39, 0.29) is 11.2 Å². The summed E-state index contributed by atoms with van der Waals surface area (Å²) in [5.41, 5.74) is 9.97. The van der Waals surface area contributed by atoms with Crippen LogP contribution in [0.1, 0.15) is 62.7 Å². The van der Waals surface area contributed by atoms with E-state index in [4.69, 9.17) is 5.73 Å². The molecule has 2 aromatic rings. The maximum absolute atomic E-state index is 15.7. The first-order chi connectivity index (χ1) is 13.2. The highest BCUT2D eigenvalue weighted by atomic mass is 19.1. The third-order valence-electron chi connectivity index (χ3n) is 4.47. The van der Waals surface area contributed by atoms with Crippen molar-refractivity contribution in [3.05, 3.63) is 76.8 Å². The first-order valence-electron chi connectivity index (χ1n) is 9.44. The molecular formula is C23H29FN4. The number of nitrogens with zero attached hydrogens (tertiary/aromatic N) is 3. The standard InChI is InChI=1S/C23H29FN4/c1-7-16-11-17(28-14-27-16)12-19-20(23(4,5)6)10-9-18(22(19)24)21(8-2)26-13-15(3)25/h8-11,13-14H,3,7,12,25H2,1-2,4-6H3/b21-8-,26-13?. The molecule has 0 aliphatic carbocycles. The van der Waals surface area contributed by atoms with Crippen molar-refractivity contribution in [1.82, 2.24) is 9.97 Å². The first-order valence-corrected chi connectivity index (χ1v) is 9.44. The number of aliphatic imine (C=N–C) groups is 1. The Morgan fingerprint density at radius 2 is 1.93 bits per heavy atom. The zero-order chi connectivity index (χ0) is 20.9. The van der Waals surface area contributed by atoms with Crippen molar-refractivity contribution >= 4 is 11.9 Å². The minimum Gasteiger partial charge on any atom is -0.398 e. The van der Waals surface area contributed by atoms with Crippen LogP contribution < -0.4 is 5.73 Å². The number of allylic oxidation sites excluding steroid dienone is 2. The van der Waals surface area contributed by atoms with Crippen LogP contribution in [0.2, 0.25) is 0 Å². The van der Waals surface area contributed by atoms with Crippen LogP contribution in [-0.4, -0.2) is 16.2 Å². The van der Waals surface area contributed by atoms with Gasteiger partial charge in [-0.05, 0) is 42.0 Å². The number of halogens is 1. The van der Waals surface area contributed by atoms with E-state index in [1.165, 1.54) is 6.21 Å². The summed E-state index contributed by atoms with van der Waals surface area (Å²) in [5.74, 6) is -0.281. The lowest BCUT2D eigenvalue weighted by Crippen LogP contribution is -2.17. The number of benzene rings is 1. The van der Waals surface area contributed by atoms with Crippen LogP contribution in [0, 0.1) is 5.82 Å². The molecule has 1 heterocycles. The lowest BCUT2D eigenvalue weighted by atomic mass is 9.81. The summed E-state index contributed by atoms with van der Waals surface area (Å²) in [4.78, 5) is 12.9. The van der Waals surface area contributed by atoms with Gasteiger partial charge in [0.1, 0.15) is 12.1 Å². The molecular weight excluding hydrogens is 351 g/mol. The number of rotatable bonds is 6. The molecule has 1 aromatic heterocycles. The topological polar surface area (TPSA) is 64.2 Å². The number of aryl methyl sites for hydroxylation is 1. The average molecular weight is 381 g/mol. The van der Waals surface area contributed by atoms with Crippen molar-refractivity contribution in [2.24, 2.45) is 10.7 Å². The smallest absolute Gasteiger partial charge is 0.136 e. The fraction of sp³-hybridized carbons (Fsp3) is 0.348. The van der Waals surface area contributed by atoms with Crippen molar-refractivity contribution in [1.29, 1.82) is 0 Å². The van der Waals surface area contributed by atoms with Crippen molar-refractivity contribution in [2.75, 3.05) is 0 Å². The molecule has 4 nitrogen and oxygen atoms in total. The molecule has 0 aliphatic rings. The third kappa shape index (κ3) is 5.12. The number of hydrogen-bond donors (Lipinski definition) is 1. The molecule has 1 aromatic carbocycles. The Labute approximate surface area is 167 Å². The maximum atomic E-state index is 15.7. The molecule has 2 N–H and O–H groups in total. The Morgan fingerprint density at radius 3 is 2.50 bits per heavy atom. The molecule has 0 amide bonds. The van der Waals surface area contributed by atoms with E-state index in [0.717, 1.165) is 23.4 Å². The van der Waals surface area contributed by atoms with E-state index < -0.39 is 0 Å². The van der Waals surface area contributed by atoms with Crippen molar-refractivity contribution in [2.45, 2.75) is 52.9 Å². The summed E-state index contributed by atoms with van der Waals surface area (Å²) in [6.07, 6.45) is 5.94. The molecule has 0 saturated carbocycles. The van der Waals surface area contributed by atoms with Gasteiger partial charge >= 0.3 is 0 Å². The summed E-state index contributed by atoms with van der Waals surface area (Å²) in [6.45, 7) is 13.7. The SMILES string of the molecule is C=C(N)C=N/C(=C\C)c1ccc(C(C)(C)C)c(Cc2cc(CC)ncn2)c1F. The van der Waals surface area contributed by atoms with E-state index in [9.17, 15) is 0 Å². The molecule has 0 aliphatic heterocycles. The van der Waals surface area contributed by atoms with Crippen LogP contribution in [0.4, 0.5) is 4.39 Å². The van der Waals surface area contributed by atoms with Gasteiger partial charge in [-0.1, -0.05) is 46.4 Å². The van der Waals surface area contributed by atoms with Crippen LogP contribution in [0.15, 0.2) is 47.9 Å². The van der Waals surface area contributed by atoms with Gasteiger partial charge in [-0.2, -0.15) is 0 Å². The highest BCUT2D eigenvalue weighted by Gasteiger charge is 2.24. The zero-order valence-corrected chi connectivity index (χ0v) is 17.4. The normalized spacial score (nSPS) is 12.6. The van der Waals surface area contributed by atoms with Gasteiger partial charge in [-0.25, -0.2) is 14.4 Å². The number of hydrogen-bond acceptors (Lipinski definition) is 4. The predicted octanol–water partition coefficient (Wildman–Crippen LogP) is 4.97. The molecule has 28 heavy (non-hydrogen) atoms. The first kappa shape index (κ1) is 21.5. The number of nitrogens with two attached hydrogens (primary N) is 1. The van der Waals surface area contributed by atoms with Gasteiger partial charge in [0.15, 0.2) is 0 Å². The van der Waals surface area contributed by atoms with Crippen LogP contribution in [-0.2, 0) is 18.3 Å². The van der Waals surface area contributed by atoms with Gasteiger partial charge in [0.05, 0.1) is 5.70 Å². The van der Waals surface area contributed by atoms with E-state index in [0.29, 0.717) is 28.9 Å². The lowest BCUT2D eigenvalue weighted by Gasteiger charge is -2.24. The molecule has 0 atom stereocenters. The average Bonchev–Trinajstić information content (AvgIpc) is 2.63. The molecule has 5 heteroatoms. The second kappa shape index (κ2) is 8.91.